The third kappa shape index (κ3) is 3.06. The minimum absolute atomic E-state index is 0.00567. The summed E-state index contributed by atoms with van der Waals surface area (Å²) in [5, 5.41) is 8.11. The first kappa shape index (κ1) is 15.1. The van der Waals surface area contributed by atoms with Gasteiger partial charge in [0, 0.05) is 17.1 Å². The highest BCUT2D eigenvalue weighted by atomic mass is 16.1. The number of amides is 1. The maximum Gasteiger partial charge on any atom is 0.253 e. The summed E-state index contributed by atoms with van der Waals surface area (Å²) in [6.45, 7) is 5.86. The van der Waals surface area contributed by atoms with E-state index in [0.717, 1.165) is 16.6 Å². The summed E-state index contributed by atoms with van der Waals surface area (Å²) in [7, 11) is 0. The number of hydrogen-bond acceptors (Lipinski definition) is 4. The number of hydrogen-bond donors (Lipinski definition) is 1. The molecule has 0 unspecified atom stereocenters. The van der Waals surface area contributed by atoms with Gasteiger partial charge in [-0.2, -0.15) is 5.10 Å². The number of pyridine rings is 1. The monoisotopic (exact) mass is 309 g/mol. The van der Waals surface area contributed by atoms with E-state index in [4.69, 9.17) is 0 Å². The van der Waals surface area contributed by atoms with Gasteiger partial charge in [0.2, 0.25) is 0 Å². The van der Waals surface area contributed by atoms with Crippen LogP contribution in [0, 0.1) is 6.92 Å². The second-order valence-corrected chi connectivity index (χ2v) is 5.71. The molecular weight excluding hydrogens is 290 g/mol. The molecule has 0 aliphatic rings. The number of carbonyl (C=O) groups is 1. The number of para-hydroxylation sites is 1. The zero-order chi connectivity index (χ0) is 16.4. The second-order valence-electron chi connectivity index (χ2n) is 5.71. The van der Waals surface area contributed by atoms with Crippen LogP contribution in [0.3, 0.4) is 0 Å². The Morgan fingerprint density at radius 2 is 2.04 bits per heavy atom. The molecule has 0 spiro atoms. The molecule has 1 N–H and O–H groups in total. The number of rotatable bonds is 4. The highest BCUT2D eigenvalue weighted by Crippen LogP contribution is 2.18. The highest BCUT2D eigenvalue weighted by molar-refractivity contribution is 6.05. The zero-order valence-corrected chi connectivity index (χ0v) is 13.4. The van der Waals surface area contributed by atoms with E-state index in [1.54, 1.807) is 17.1 Å². The lowest BCUT2D eigenvalue weighted by Gasteiger charge is -2.21. The molecular formula is C17H19N5O. The Kier molecular flexibility index (Phi) is 4.06. The predicted octanol–water partition coefficient (Wildman–Crippen LogP) is 2.51. The van der Waals surface area contributed by atoms with Crippen molar-refractivity contribution < 1.29 is 4.79 Å². The van der Waals surface area contributed by atoms with Crippen molar-refractivity contribution in [3.05, 3.63) is 54.2 Å². The van der Waals surface area contributed by atoms with Gasteiger partial charge in [-0.3, -0.25) is 9.78 Å². The van der Waals surface area contributed by atoms with Crippen molar-refractivity contribution in [2.45, 2.75) is 32.9 Å². The number of aryl methyl sites for hydroxylation is 1. The van der Waals surface area contributed by atoms with E-state index in [0.29, 0.717) is 5.56 Å². The molecule has 0 radical (unpaired) electrons. The van der Waals surface area contributed by atoms with Crippen LogP contribution in [0.15, 0.2) is 43.0 Å². The van der Waals surface area contributed by atoms with Crippen molar-refractivity contribution >= 4 is 16.8 Å². The Hall–Kier alpha value is -2.76. The minimum atomic E-state index is -0.131. The quantitative estimate of drug-likeness (QED) is 0.803. The van der Waals surface area contributed by atoms with E-state index in [2.05, 4.69) is 20.4 Å². The van der Waals surface area contributed by atoms with Gasteiger partial charge in [0.25, 0.3) is 5.91 Å². The third-order valence-corrected chi connectivity index (χ3v) is 4.04. The molecule has 0 aliphatic heterocycles. The topological polar surface area (TPSA) is 72.7 Å². The summed E-state index contributed by atoms with van der Waals surface area (Å²) in [5.41, 5.74) is 2.20. The fourth-order valence-electron chi connectivity index (χ4n) is 2.49. The molecule has 6 nitrogen and oxygen atoms in total. The minimum Gasteiger partial charge on any atom is -0.347 e. The SMILES string of the molecule is Cc1ccc2cccc(C(=O)N[C@H](C)[C@@H](C)n3cncn3)c2n1. The first-order valence-corrected chi connectivity index (χ1v) is 7.57. The second kappa shape index (κ2) is 6.16. The van der Waals surface area contributed by atoms with Crippen molar-refractivity contribution in [3.8, 4) is 0 Å². The van der Waals surface area contributed by atoms with Gasteiger partial charge in [0.05, 0.1) is 17.1 Å². The van der Waals surface area contributed by atoms with E-state index in [9.17, 15) is 4.79 Å². The molecule has 0 saturated heterocycles. The largest absolute Gasteiger partial charge is 0.347 e. The Balaban J connectivity index is 1.85. The lowest BCUT2D eigenvalue weighted by molar-refractivity contribution is 0.0930. The average molecular weight is 309 g/mol. The standard InChI is InChI=1S/C17H19N5O/c1-11-7-8-14-5-4-6-15(16(14)20-11)17(23)21-12(2)13(3)22-10-18-9-19-22/h4-10,12-13H,1-3H3,(H,21,23)/t12-,13-/m1/s1. The van der Waals surface area contributed by atoms with Crippen molar-refractivity contribution in [2.75, 3.05) is 0 Å². The molecule has 2 heterocycles. The highest BCUT2D eigenvalue weighted by Gasteiger charge is 2.19. The van der Waals surface area contributed by atoms with E-state index < -0.39 is 0 Å². The molecule has 1 amide bonds. The van der Waals surface area contributed by atoms with Crippen molar-refractivity contribution in [3.63, 3.8) is 0 Å². The van der Waals surface area contributed by atoms with Crippen LogP contribution in [-0.2, 0) is 0 Å². The van der Waals surface area contributed by atoms with Crippen molar-refractivity contribution in [1.29, 1.82) is 0 Å². The van der Waals surface area contributed by atoms with Gasteiger partial charge < -0.3 is 5.32 Å². The molecule has 0 saturated carbocycles. The maximum atomic E-state index is 12.7. The van der Waals surface area contributed by atoms with Crippen LogP contribution in [-0.4, -0.2) is 31.7 Å². The molecule has 3 rings (SSSR count). The zero-order valence-electron chi connectivity index (χ0n) is 13.4. The number of aromatic nitrogens is 4. The van der Waals surface area contributed by atoms with Crippen LogP contribution in [0.25, 0.3) is 10.9 Å². The van der Waals surface area contributed by atoms with Crippen molar-refractivity contribution in [2.24, 2.45) is 0 Å². The molecule has 6 heteroatoms. The number of nitrogens with zero attached hydrogens (tertiary/aromatic N) is 4. The van der Waals surface area contributed by atoms with E-state index >= 15 is 0 Å². The van der Waals surface area contributed by atoms with Crippen LogP contribution >= 0.6 is 0 Å². The Bertz CT molecular complexity index is 828. The van der Waals surface area contributed by atoms with E-state index in [1.807, 2.05) is 45.0 Å². The van der Waals surface area contributed by atoms with Crippen LogP contribution in [0.4, 0.5) is 0 Å². The first-order chi connectivity index (χ1) is 11.1. The summed E-state index contributed by atoms with van der Waals surface area (Å²) >= 11 is 0. The smallest absolute Gasteiger partial charge is 0.253 e. The summed E-state index contributed by atoms with van der Waals surface area (Å²) in [6, 6.07) is 9.47. The summed E-state index contributed by atoms with van der Waals surface area (Å²) in [4.78, 5) is 21.1. The van der Waals surface area contributed by atoms with Crippen molar-refractivity contribution in [1.82, 2.24) is 25.1 Å². The molecule has 0 bridgehead atoms. The van der Waals surface area contributed by atoms with Crippen LogP contribution in [0.2, 0.25) is 0 Å². The van der Waals surface area contributed by atoms with Gasteiger partial charge in [-0.05, 0) is 32.9 Å². The summed E-state index contributed by atoms with van der Waals surface area (Å²) in [5.74, 6) is -0.131. The van der Waals surface area contributed by atoms with Gasteiger partial charge in [0.1, 0.15) is 12.7 Å². The van der Waals surface area contributed by atoms with Crippen LogP contribution in [0.5, 0.6) is 0 Å². The molecule has 118 valence electrons. The van der Waals surface area contributed by atoms with Gasteiger partial charge in [-0.1, -0.05) is 18.2 Å². The molecule has 0 aliphatic carbocycles. The fourth-order valence-corrected chi connectivity index (χ4v) is 2.49. The number of nitrogens with one attached hydrogen (secondary N) is 1. The van der Waals surface area contributed by atoms with Gasteiger partial charge in [0.15, 0.2) is 0 Å². The molecule has 0 fully saturated rings. The molecule has 2 atom stereocenters. The van der Waals surface area contributed by atoms with Crippen LogP contribution < -0.4 is 5.32 Å². The fraction of sp³-hybridized carbons (Fsp3) is 0.294. The first-order valence-electron chi connectivity index (χ1n) is 7.57. The molecule has 23 heavy (non-hydrogen) atoms. The molecule has 1 aromatic carbocycles. The molecule has 2 aromatic heterocycles. The Labute approximate surface area is 134 Å². The van der Waals surface area contributed by atoms with Crippen LogP contribution in [0.1, 0.15) is 35.9 Å². The third-order valence-electron chi connectivity index (χ3n) is 4.04. The number of carbonyl (C=O) groups excluding carboxylic acids is 1. The number of benzene rings is 1. The Morgan fingerprint density at radius 1 is 1.22 bits per heavy atom. The number of fused-ring (bicyclic) bond motifs is 1. The normalized spacial score (nSPS) is 13.7. The maximum absolute atomic E-state index is 12.7. The Morgan fingerprint density at radius 3 is 2.78 bits per heavy atom. The lowest BCUT2D eigenvalue weighted by atomic mass is 10.1. The lowest BCUT2D eigenvalue weighted by Crippen LogP contribution is -2.38. The predicted molar refractivity (Wildman–Crippen MR) is 88.1 cm³/mol. The van der Waals surface area contributed by atoms with Gasteiger partial charge in [-0.25, -0.2) is 9.67 Å². The summed E-state index contributed by atoms with van der Waals surface area (Å²) < 4.78 is 1.73. The average Bonchev–Trinajstić information content (AvgIpc) is 3.07. The summed E-state index contributed by atoms with van der Waals surface area (Å²) in [6.07, 6.45) is 3.14. The van der Waals surface area contributed by atoms with Gasteiger partial charge in [-0.15, -0.1) is 0 Å². The van der Waals surface area contributed by atoms with Gasteiger partial charge >= 0.3 is 0 Å². The molecule has 3 aromatic rings. The van der Waals surface area contributed by atoms with E-state index in [1.165, 1.54) is 6.33 Å². The van der Waals surface area contributed by atoms with E-state index in [-0.39, 0.29) is 18.0 Å².